The van der Waals surface area contributed by atoms with Crippen LogP contribution in [0, 0.1) is 5.92 Å². The van der Waals surface area contributed by atoms with Gasteiger partial charge in [0.05, 0.1) is 18.1 Å². The molecule has 2 N–H and O–H groups in total. The highest BCUT2D eigenvalue weighted by Gasteiger charge is 2.51. The van der Waals surface area contributed by atoms with Crippen LogP contribution in [-0.2, 0) is 28.8 Å². The van der Waals surface area contributed by atoms with Gasteiger partial charge in [0.2, 0.25) is 5.89 Å². The summed E-state index contributed by atoms with van der Waals surface area (Å²) in [6.07, 6.45) is 5.53. The Kier molecular flexibility index (Phi) is 7.39. The SMILES string of the molecule is O=C(O)CCc1ccccc1C[C@H]1[C@H](c2nc(C(=O)NCCc3ccc(Cl)cc3)co2)[C@H]2CC[C@@H]1O2. The maximum atomic E-state index is 12.7. The zero-order valence-corrected chi connectivity index (χ0v) is 20.6. The molecule has 0 aliphatic carbocycles. The maximum absolute atomic E-state index is 12.7. The number of hydrogen-bond donors (Lipinski definition) is 2. The summed E-state index contributed by atoms with van der Waals surface area (Å²) in [6, 6.07) is 15.5. The molecule has 4 atom stereocenters. The Hall–Kier alpha value is -3.16. The number of amides is 1. The second kappa shape index (κ2) is 10.8. The number of oxazole rings is 1. The number of ether oxygens (including phenoxy) is 1. The van der Waals surface area contributed by atoms with Crippen molar-refractivity contribution in [2.24, 2.45) is 5.92 Å². The first kappa shape index (κ1) is 24.5. The fourth-order valence-corrected chi connectivity index (χ4v) is 5.60. The molecular formula is C28H29ClN2O5. The van der Waals surface area contributed by atoms with E-state index in [2.05, 4.69) is 16.4 Å². The molecule has 0 radical (unpaired) electrons. The Bertz CT molecular complexity index is 1220. The molecule has 36 heavy (non-hydrogen) atoms. The summed E-state index contributed by atoms with van der Waals surface area (Å²) in [6.45, 7) is 0.482. The van der Waals surface area contributed by atoms with Gasteiger partial charge in [-0.3, -0.25) is 9.59 Å². The van der Waals surface area contributed by atoms with E-state index in [0.29, 0.717) is 30.3 Å². The molecule has 7 nitrogen and oxygen atoms in total. The average molecular weight is 509 g/mol. The van der Waals surface area contributed by atoms with Crippen LogP contribution in [-0.4, -0.2) is 40.7 Å². The van der Waals surface area contributed by atoms with Crippen LogP contribution in [0.4, 0.5) is 0 Å². The number of nitrogens with zero attached hydrogens (tertiary/aromatic N) is 1. The number of rotatable bonds is 10. The van der Waals surface area contributed by atoms with Gasteiger partial charge in [0.25, 0.3) is 5.91 Å². The van der Waals surface area contributed by atoms with Crippen LogP contribution in [0.3, 0.4) is 0 Å². The fourth-order valence-electron chi connectivity index (χ4n) is 5.48. The third-order valence-corrected chi connectivity index (χ3v) is 7.51. The summed E-state index contributed by atoms with van der Waals surface area (Å²) in [5.74, 6) is -0.401. The summed E-state index contributed by atoms with van der Waals surface area (Å²) in [7, 11) is 0. The molecule has 1 amide bonds. The second-order valence-electron chi connectivity index (χ2n) is 9.55. The summed E-state index contributed by atoms with van der Waals surface area (Å²) < 4.78 is 12.1. The van der Waals surface area contributed by atoms with E-state index >= 15 is 0 Å². The number of carboxylic acid groups (broad SMARTS) is 1. The van der Waals surface area contributed by atoms with Gasteiger partial charge < -0.3 is 19.6 Å². The molecule has 3 aromatic rings. The van der Waals surface area contributed by atoms with Crippen LogP contribution in [0.5, 0.6) is 0 Å². The molecule has 8 heteroatoms. The van der Waals surface area contributed by atoms with E-state index in [4.69, 9.17) is 25.9 Å². The van der Waals surface area contributed by atoms with Crippen molar-refractivity contribution in [2.75, 3.05) is 6.54 Å². The maximum Gasteiger partial charge on any atom is 0.303 e. The molecule has 0 unspecified atom stereocenters. The number of aliphatic carboxylic acids is 1. The molecule has 2 aliphatic rings. The van der Waals surface area contributed by atoms with Crippen LogP contribution < -0.4 is 5.32 Å². The quantitative estimate of drug-likeness (QED) is 0.407. The molecule has 3 heterocycles. The van der Waals surface area contributed by atoms with Gasteiger partial charge in [-0.15, -0.1) is 0 Å². The Morgan fingerprint density at radius 1 is 1.03 bits per heavy atom. The van der Waals surface area contributed by atoms with Gasteiger partial charge >= 0.3 is 5.97 Å². The van der Waals surface area contributed by atoms with Gasteiger partial charge in [-0.2, -0.15) is 0 Å². The molecule has 0 spiro atoms. The normalized spacial score (nSPS) is 22.6. The van der Waals surface area contributed by atoms with Crippen molar-refractivity contribution < 1.29 is 23.8 Å². The monoisotopic (exact) mass is 508 g/mol. The van der Waals surface area contributed by atoms with Gasteiger partial charge in [-0.05, 0) is 60.9 Å². The number of halogens is 1. The van der Waals surface area contributed by atoms with Crippen LogP contribution in [0.2, 0.25) is 5.02 Å². The minimum atomic E-state index is -0.801. The zero-order chi connectivity index (χ0) is 25.1. The molecule has 2 aromatic carbocycles. The van der Waals surface area contributed by atoms with Gasteiger partial charge in [-0.25, -0.2) is 4.98 Å². The number of carbonyl (C=O) groups excluding carboxylic acids is 1. The molecular weight excluding hydrogens is 480 g/mol. The lowest BCUT2D eigenvalue weighted by atomic mass is 9.75. The number of aryl methyl sites for hydroxylation is 1. The lowest BCUT2D eigenvalue weighted by Gasteiger charge is -2.26. The van der Waals surface area contributed by atoms with Crippen molar-refractivity contribution in [3.63, 3.8) is 0 Å². The van der Waals surface area contributed by atoms with Gasteiger partial charge in [0.15, 0.2) is 5.69 Å². The molecule has 1 aromatic heterocycles. The number of benzene rings is 2. The number of carboxylic acids is 1. The van der Waals surface area contributed by atoms with E-state index in [0.717, 1.165) is 36.0 Å². The van der Waals surface area contributed by atoms with Gasteiger partial charge in [-0.1, -0.05) is 48.0 Å². The van der Waals surface area contributed by atoms with Crippen molar-refractivity contribution in [1.29, 1.82) is 0 Å². The molecule has 188 valence electrons. The molecule has 2 saturated heterocycles. The molecule has 5 rings (SSSR count). The van der Waals surface area contributed by atoms with E-state index in [9.17, 15) is 9.59 Å². The Morgan fingerprint density at radius 3 is 2.56 bits per heavy atom. The first-order chi connectivity index (χ1) is 17.5. The minimum Gasteiger partial charge on any atom is -0.481 e. The van der Waals surface area contributed by atoms with Crippen LogP contribution in [0.1, 0.15) is 58.2 Å². The fraction of sp³-hybridized carbons (Fsp3) is 0.393. The molecule has 2 aliphatic heterocycles. The van der Waals surface area contributed by atoms with Crippen molar-refractivity contribution in [1.82, 2.24) is 10.3 Å². The Labute approximate surface area is 214 Å². The predicted octanol–water partition coefficient (Wildman–Crippen LogP) is 4.82. The van der Waals surface area contributed by atoms with Crippen LogP contribution in [0.15, 0.2) is 59.2 Å². The van der Waals surface area contributed by atoms with E-state index in [1.807, 2.05) is 42.5 Å². The first-order valence-corrected chi connectivity index (χ1v) is 12.8. The number of nitrogens with one attached hydrogen (secondary N) is 1. The lowest BCUT2D eigenvalue weighted by molar-refractivity contribution is -0.136. The first-order valence-electron chi connectivity index (χ1n) is 12.4. The third kappa shape index (κ3) is 5.47. The highest BCUT2D eigenvalue weighted by Crippen LogP contribution is 2.50. The average Bonchev–Trinajstić information content (AvgIpc) is 3.61. The van der Waals surface area contributed by atoms with Crippen molar-refractivity contribution in [2.45, 2.75) is 56.7 Å². The van der Waals surface area contributed by atoms with E-state index in [1.165, 1.54) is 6.26 Å². The summed E-state index contributed by atoms with van der Waals surface area (Å²) in [5.41, 5.74) is 3.54. The van der Waals surface area contributed by atoms with Crippen LogP contribution in [0.25, 0.3) is 0 Å². The lowest BCUT2D eigenvalue weighted by Crippen LogP contribution is -2.28. The van der Waals surface area contributed by atoms with Gasteiger partial charge in [0.1, 0.15) is 6.26 Å². The second-order valence-corrected chi connectivity index (χ2v) is 9.99. The zero-order valence-electron chi connectivity index (χ0n) is 19.9. The standard InChI is InChI=1S/C28H29ClN2O5/c29-20-8-5-17(6-9-20)13-14-30-27(34)22-16-35-28(31-22)26-21(23-10-11-24(26)36-23)15-19-4-2-1-3-18(19)7-12-25(32)33/h1-6,8-9,16,21,23-24,26H,7,10-15H2,(H,30,34)(H,32,33)/t21-,23+,24-,26+/m1/s1. The Morgan fingerprint density at radius 2 is 1.78 bits per heavy atom. The van der Waals surface area contributed by atoms with Crippen molar-refractivity contribution >= 4 is 23.5 Å². The molecule has 2 fully saturated rings. The number of carbonyl (C=O) groups is 2. The minimum absolute atomic E-state index is 0.0191. The molecule has 0 saturated carbocycles. The van der Waals surface area contributed by atoms with Crippen molar-refractivity contribution in [3.05, 3.63) is 88.1 Å². The molecule has 2 bridgehead atoms. The number of hydrogen-bond acceptors (Lipinski definition) is 5. The largest absolute Gasteiger partial charge is 0.481 e. The van der Waals surface area contributed by atoms with E-state index in [1.54, 1.807) is 0 Å². The smallest absolute Gasteiger partial charge is 0.303 e. The van der Waals surface area contributed by atoms with E-state index < -0.39 is 5.97 Å². The topological polar surface area (TPSA) is 102 Å². The van der Waals surface area contributed by atoms with Crippen LogP contribution >= 0.6 is 11.6 Å². The number of aromatic nitrogens is 1. The number of fused-ring (bicyclic) bond motifs is 2. The Balaban J connectivity index is 1.25. The predicted molar refractivity (Wildman–Crippen MR) is 134 cm³/mol. The van der Waals surface area contributed by atoms with Gasteiger partial charge in [0, 0.05) is 23.9 Å². The summed E-state index contributed by atoms with van der Waals surface area (Å²) in [5, 5.41) is 12.7. The summed E-state index contributed by atoms with van der Waals surface area (Å²) in [4.78, 5) is 28.4. The highest BCUT2D eigenvalue weighted by molar-refractivity contribution is 6.30. The van der Waals surface area contributed by atoms with Crippen molar-refractivity contribution in [3.8, 4) is 0 Å². The third-order valence-electron chi connectivity index (χ3n) is 7.26. The van der Waals surface area contributed by atoms with E-state index in [-0.39, 0.29) is 42.1 Å². The summed E-state index contributed by atoms with van der Waals surface area (Å²) >= 11 is 5.93. The highest BCUT2D eigenvalue weighted by atomic mass is 35.5.